The first-order valence-corrected chi connectivity index (χ1v) is 7.92. The average Bonchev–Trinajstić information content (AvgIpc) is 2.60. The highest BCUT2D eigenvalue weighted by Crippen LogP contribution is 2.16. The van der Waals surface area contributed by atoms with E-state index >= 15 is 0 Å². The van der Waals surface area contributed by atoms with Gasteiger partial charge in [-0.15, -0.1) is 0 Å². The molecule has 1 atom stereocenters. The molecule has 2 aromatic rings. The van der Waals surface area contributed by atoms with Gasteiger partial charge in [0.25, 0.3) is 11.6 Å². The molecule has 134 valence electrons. The van der Waals surface area contributed by atoms with Crippen molar-refractivity contribution in [1.82, 2.24) is 0 Å². The minimum atomic E-state index is -1.03. The molecular weight excluding hydrogens is 360 g/mol. The number of amides is 1. The Morgan fingerprint density at radius 3 is 2.65 bits per heavy atom. The first-order valence-electron chi connectivity index (χ1n) is 7.55. The summed E-state index contributed by atoms with van der Waals surface area (Å²) in [5.41, 5.74) is 0.861. The van der Waals surface area contributed by atoms with Crippen molar-refractivity contribution in [2.45, 2.75) is 13.0 Å². The van der Waals surface area contributed by atoms with E-state index in [0.29, 0.717) is 16.3 Å². The van der Waals surface area contributed by atoms with Crippen molar-refractivity contribution in [3.8, 4) is 0 Å². The van der Waals surface area contributed by atoms with Gasteiger partial charge in [-0.2, -0.15) is 0 Å². The lowest BCUT2D eigenvalue weighted by Crippen LogP contribution is -2.29. The number of rotatable bonds is 6. The van der Waals surface area contributed by atoms with Gasteiger partial charge in [0.15, 0.2) is 6.10 Å². The molecule has 1 N–H and O–H groups in total. The third kappa shape index (κ3) is 5.71. The lowest BCUT2D eigenvalue weighted by Gasteiger charge is -2.12. The van der Waals surface area contributed by atoms with Crippen molar-refractivity contribution in [2.75, 3.05) is 5.32 Å². The number of nitro benzene ring substituents is 1. The van der Waals surface area contributed by atoms with E-state index in [-0.39, 0.29) is 5.69 Å². The van der Waals surface area contributed by atoms with Crippen LogP contribution in [0.25, 0.3) is 6.08 Å². The Morgan fingerprint density at radius 2 is 1.96 bits per heavy atom. The zero-order valence-corrected chi connectivity index (χ0v) is 14.5. The molecule has 7 nitrogen and oxygen atoms in total. The number of hydrogen-bond acceptors (Lipinski definition) is 5. The van der Waals surface area contributed by atoms with E-state index in [1.165, 1.54) is 31.2 Å². The van der Waals surface area contributed by atoms with Crippen LogP contribution in [0.15, 0.2) is 54.6 Å². The van der Waals surface area contributed by atoms with Gasteiger partial charge in [0.05, 0.1) is 4.92 Å². The number of nitro groups is 1. The molecule has 2 rings (SSSR count). The quantitative estimate of drug-likeness (QED) is 0.358. The van der Waals surface area contributed by atoms with Gasteiger partial charge < -0.3 is 10.1 Å². The van der Waals surface area contributed by atoms with Crippen LogP contribution in [0.2, 0.25) is 5.02 Å². The summed E-state index contributed by atoms with van der Waals surface area (Å²) in [6.07, 6.45) is 1.44. The van der Waals surface area contributed by atoms with E-state index < -0.39 is 22.9 Å². The molecule has 2 aromatic carbocycles. The van der Waals surface area contributed by atoms with Crippen molar-refractivity contribution in [2.24, 2.45) is 0 Å². The molecule has 0 radical (unpaired) electrons. The normalized spacial score (nSPS) is 11.8. The molecule has 8 heteroatoms. The van der Waals surface area contributed by atoms with E-state index in [0.717, 1.165) is 6.08 Å². The molecule has 0 aliphatic carbocycles. The molecule has 0 saturated heterocycles. The number of halogens is 1. The SMILES string of the molecule is C[C@@H](OC(=O)/C=C/c1cccc([N+](=O)[O-])c1)C(=O)Nc1cccc(Cl)c1. The summed E-state index contributed by atoms with van der Waals surface area (Å²) < 4.78 is 5.01. The van der Waals surface area contributed by atoms with Crippen molar-refractivity contribution < 1.29 is 19.2 Å². The summed E-state index contributed by atoms with van der Waals surface area (Å²) in [6, 6.07) is 12.3. The van der Waals surface area contributed by atoms with Crippen LogP contribution >= 0.6 is 11.6 Å². The summed E-state index contributed by atoms with van der Waals surface area (Å²) in [5.74, 6) is -1.25. The Labute approximate surface area is 154 Å². The van der Waals surface area contributed by atoms with Gasteiger partial charge in [-0.25, -0.2) is 4.79 Å². The van der Waals surface area contributed by atoms with Crippen LogP contribution in [0.4, 0.5) is 11.4 Å². The minimum absolute atomic E-state index is 0.0882. The lowest BCUT2D eigenvalue weighted by molar-refractivity contribution is -0.384. The molecule has 0 unspecified atom stereocenters. The van der Waals surface area contributed by atoms with E-state index in [1.54, 1.807) is 30.3 Å². The van der Waals surface area contributed by atoms with E-state index in [4.69, 9.17) is 16.3 Å². The molecule has 0 fully saturated rings. The van der Waals surface area contributed by atoms with Crippen molar-refractivity contribution in [3.63, 3.8) is 0 Å². The predicted molar refractivity (Wildman–Crippen MR) is 97.8 cm³/mol. The van der Waals surface area contributed by atoms with Crippen LogP contribution in [-0.4, -0.2) is 22.9 Å². The Bertz CT molecular complexity index is 866. The number of carbonyl (C=O) groups excluding carboxylic acids is 2. The minimum Gasteiger partial charge on any atom is -0.449 e. The van der Waals surface area contributed by atoms with Crippen LogP contribution < -0.4 is 5.32 Å². The number of anilines is 1. The van der Waals surface area contributed by atoms with Gasteiger partial charge in [0.1, 0.15) is 0 Å². The summed E-state index contributed by atoms with van der Waals surface area (Å²) in [7, 11) is 0. The number of nitrogens with zero attached hydrogens (tertiary/aromatic N) is 1. The van der Waals surface area contributed by atoms with Crippen LogP contribution in [-0.2, 0) is 14.3 Å². The average molecular weight is 375 g/mol. The molecule has 0 aliphatic heterocycles. The van der Waals surface area contributed by atoms with Gasteiger partial charge in [0.2, 0.25) is 0 Å². The maximum absolute atomic E-state index is 12.0. The molecule has 0 saturated carbocycles. The van der Waals surface area contributed by atoms with Crippen molar-refractivity contribution >= 4 is 40.9 Å². The largest absolute Gasteiger partial charge is 0.449 e. The Kier molecular flexibility index (Phi) is 6.46. The summed E-state index contributed by atoms with van der Waals surface area (Å²) in [4.78, 5) is 34.0. The molecule has 0 aliphatic rings. The number of non-ortho nitro benzene ring substituents is 1. The Morgan fingerprint density at radius 1 is 1.23 bits per heavy atom. The van der Waals surface area contributed by atoms with Crippen LogP contribution in [0.5, 0.6) is 0 Å². The van der Waals surface area contributed by atoms with Crippen molar-refractivity contribution in [3.05, 3.63) is 75.3 Å². The number of ether oxygens (including phenoxy) is 1. The number of esters is 1. The fourth-order valence-electron chi connectivity index (χ4n) is 1.98. The third-order valence-electron chi connectivity index (χ3n) is 3.25. The first-order chi connectivity index (χ1) is 12.3. The molecule has 0 heterocycles. The molecule has 0 aromatic heterocycles. The summed E-state index contributed by atoms with van der Waals surface area (Å²) >= 11 is 5.83. The fraction of sp³-hybridized carbons (Fsp3) is 0.111. The van der Waals surface area contributed by atoms with Crippen LogP contribution in [0.1, 0.15) is 12.5 Å². The number of hydrogen-bond donors (Lipinski definition) is 1. The summed E-state index contributed by atoms with van der Waals surface area (Å²) in [5, 5.41) is 13.8. The van der Waals surface area contributed by atoms with Gasteiger partial charge in [-0.05, 0) is 36.8 Å². The first kappa shape index (κ1) is 19.1. The van der Waals surface area contributed by atoms with E-state index in [2.05, 4.69) is 5.32 Å². The Hall–Kier alpha value is -3.19. The maximum Gasteiger partial charge on any atom is 0.331 e. The highest BCUT2D eigenvalue weighted by Gasteiger charge is 2.16. The second kappa shape index (κ2) is 8.77. The van der Waals surface area contributed by atoms with Gasteiger partial charge in [0, 0.05) is 28.9 Å². The predicted octanol–water partition coefficient (Wildman–Crippen LogP) is 3.83. The molecule has 0 spiro atoms. The number of benzene rings is 2. The molecular formula is C18H15ClN2O5. The van der Waals surface area contributed by atoms with Crippen LogP contribution in [0.3, 0.4) is 0 Å². The van der Waals surface area contributed by atoms with E-state index in [9.17, 15) is 19.7 Å². The van der Waals surface area contributed by atoms with E-state index in [1.807, 2.05) is 0 Å². The lowest BCUT2D eigenvalue weighted by atomic mass is 10.2. The zero-order chi connectivity index (χ0) is 19.1. The Balaban J connectivity index is 1.93. The highest BCUT2D eigenvalue weighted by molar-refractivity contribution is 6.30. The number of nitrogens with one attached hydrogen (secondary N) is 1. The highest BCUT2D eigenvalue weighted by atomic mass is 35.5. The molecule has 0 bridgehead atoms. The van der Waals surface area contributed by atoms with Gasteiger partial charge in [-0.3, -0.25) is 14.9 Å². The third-order valence-corrected chi connectivity index (χ3v) is 3.48. The van der Waals surface area contributed by atoms with Crippen molar-refractivity contribution in [1.29, 1.82) is 0 Å². The fourth-order valence-corrected chi connectivity index (χ4v) is 2.17. The summed E-state index contributed by atoms with van der Waals surface area (Å²) in [6.45, 7) is 1.43. The standard InChI is InChI=1S/C18H15ClN2O5/c1-12(18(23)20-15-6-3-5-14(19)11-15)26-17(22)9-8-13-4-2-7-16(10-13)21(24)25/h2-12H,1H3,(H,20,23)/b9-8+/t12-/m1/s1. The van der Waals surface area contributed by atoms with Gasteiger partial charge >= 0.3 is 5.97 Å². The second-order valence-electron chi connectivity index (χ2n) is 5.26. The second-order valence-corrected chi connectivity index (χ2v) is 5.70. The number of carbonyl (C=O) groups is 2. The smallest absolute Gasteiger partial charge is 0.331 e. The maximum atomic E-state index is 12.0. The van der Waals surface area contributed by atoms with Gasteiger partial charge in [-0.1, -0.05) is 29.8 Å². The topological polar surface area (TPSA) is 98.5 Å². The molecule has 26 heavy (non-hydrogen) atoms. The van der Waals surface area contributed by atoms with Crippen LogP contribution in [0, 0.1) is 10.1 Å². The monoisotopic (exact) mass is 374 g/mol. The molecule has 1 amide bonds. The zero-order valence-electron chi connectivity index (χ0n) is 13.7.